The van der Waals surface area contributed by atoms with E-state index in [9.17, 15) is 14.4 Å². The minimum Gasteiger partial charge on any atom is -0.465 e. The van der Waals surface area contributed by atoms with Crippen molar-refractivity contribution in [3.8, 4) is 0 Å². The van der Waals surface area contributed by atoms with Gasteiger partial charge in [0.2, 0.25) is 11.6 Å². The van der Waals surface area contributed by atoms with Gasteiger partial charge in [0, 0.05) is 11.1 Å². The number of esters is 1. The number of hydrogen-bond donors (Lipinski definition) is 0. The SMILES string of the molecule is COC(=O)c1ccc(C(=O)C(=O)c2ccc3ccccc3c2)cc1. The van der Waals surface area contributed by atoms with Crippen LogP contribution in [-0.2, 0) is 4.74 Å². The molecule has 0 aromatic heterocycles. The molecule has 118 valence electrons. The van der Waals surface area contributed by atoms with Crippen LogP contribution in [0.5, 0.6) is 0 Å². The Kier molecular flexibility index (Phi) is 4.20. The molecule has 0 N–H and O–H groups in total. The lowest BCUT2D eigenvalue weighted by Gasteiger charge is -2.04. The Morgan fingerprint density at radius 2 is 1.21 bits per heavy atom. The first kappa shape index (κ1) is 15.6. The zero-order valence-corrected chi connectivity index (χ0v) is 13.0. The third-order valence-corrected chi connectivity index (χ3v) is 3.79. The van der Waals surface area contributed by atoms with Crippen molar-refractivity contribution in [1.82, 2.24) is 0 Å². The third-order valence-electron chi connectivity index (χ3n) is 3.79. The molecular weight excluding hydrogens is 304 g/mol. The molecule has 0 aliphatic carbocycles. The van der Waals surface area contributed by atoms with Gasteiger partial charge in [-0.2, -0.15) is 0 Å². The predicted molar refractivity (Wildman–Crippen MR) is 90.4 cm³/mol. The Labute approximate surface area is 138 Å². The highest BCUT2D eigenvalue weighted by Gasteiger charge is 2.19. The summed E-state index contributed by atoms with van der Waals surface area (Å²) in [5.41, 5.74) is 0.906. The Morgan fingerprint density at radius 3 is 1.88 bits per heavy atom. The van der Waals surface area contributed by atoms with Gasteiger partial charge in [0.05, 0.1) is 12.7 Å². The van der Waals surface area contributed by atoms with Crippen molar-refractivity contribution >= 4 is 28.3 Å². The lowest BCUT2D eigenvalue weighted by atomic mass is 9.98. The normalized spacial score (nSPS) is 10.4. The molecule has 0 saturated carbocycles. The van der Waals surface area contributed by atoms with E-state index in [1.165, 1.54) is 31.4 Å². The second-order valence-electron chi connectivity index (χ2n) is 5.29. The molecule has 0 atom stereocenters. The maximum absolute atomic E-state index is 12.4. The van der Waals surface area contributed by atoms with E-state index in [2.05, 4.69) is 4.74 Å². The van der Waals surface area contributed by atoms with Crippen molar-refractivity contribution in [3.05, 3.63) is 83.4 Å². The molecule has 3 rings (SSSR count). The number of fused-ring (bicyclic) bond motifs is 1. The van der Waals surface area contributed by atoms with E-state index in [1.54, 1.807) is 12.1 Å². The first-order chi connectivity index (χ1) is 11.6. The molecule has 4 heteroatoms. The number of rotatable bonds is 4. The number of carbonyl (C=O) groups is 3. The summed E-state index contributed by atoms with van der Waals surface area (Å²) in [6.07, 6.45) is 0. The predicted octanol–water partition coefficient (Wildman–Crippen LogP) is 3.69. The van der Waals surface area contributed by atoms with Crippen LogP contribution in [0.15, 0.2) is 66.7 Å². The van der Waals surface area contributed by atoms with Crippen LogP contribution >= 0.6 is 0 Å². The van der Waals surface area contributed by atoms with Crippen LogP contribution < -0.4 is 0 Å². The van der Waals surface area contributed by atoms with Crippen molar-refractivity contribution in [2.75, 3.05) is 7.11 Å². The van der Waals surface area contributed by atoms with Crippen LogP contribution in [0.1, 0.15) is 31.1 Å². The molecule has 0 bridgehead atoms. The van der Waals surface area contributed by atoms with Crippen molar-refractivity contribution < 1.29 is 19.1 Å². The second-order valence-corrected chi connectivity index (χ2v) is 5.29. The highest BCUT2D eigenvalue weighted by Crippen LogP contribution is 2.17. The maximum Gasteiger partial charge on any atom is 0.337 e. The van der Waals surface area contributed by atoms with E-state index in [0.717, 1.165) is 10.8 Å². The van der Waals surface area contributed by atoms with Gasteiger partial charge in [-0.3, -0.25) is 9.59 Å². The quantitative estimate of drug-likeness (QED) is 0.418. The lowest BCUT2D eigenvalue weighted by Crippen LogP contribution is -2.14. The summed E-state index contributed by atoms with van der Waals surface area (Å²) in [6.45, 7) is 0. The standard InChI is InChI=1S/C20H14O4/c1-24-20(23)15-9-7-14(8-10-15)18(21)19(22)17-11-6-13-4-2-3-5-16(13)12-17/h2-12H,1H3. The summed E-state index contributed by atoms with van der Waals surface area (Å²) in [7, 11) is 1.28. The van der Waals surface area contributed by atoms with Gasteiger partial charge in [-0.15, -0.1) is 0 Å². The van der Waals surface area contributed by atoms with Crippen LogP contribution in [0.2, 0.25) is 0 Å². The molecule has 0 unspecified atom stereocenters. The fourth-order valence-corrected chi connectivity index (χ4v) is 2.47. The molecule has 0 heterocycles. The lowest BCUT2D eigenvalue weighted by molar-refractivity contribution is 0.0600. The number of carbonyl (C=O) groups excluding carboxylic acids is 3. The topological polar surface area (TPSA) is 60.4 Å². The van der Waals surface area contributed by atoms with E-state index in [-0.39, 0.29) is 5.56 Å². The average Bonchev–Trinajstić information content (AvgIpc) is 2.66. The smallest absolute Gasteiger partial charge is 0.337 e. The fourth-order valence-electron chi connectivity index (χ4n) is 2.47. The average molecular weight is 318 g/mol. The molecule has 4 nitrogen and oxygen atoms in total. The maximum atomic E-state index is 12.4. The van der Waals surface area contributed by atoms with Crippen molar-refractivity contribution in [2.24, 2.45) is 0 Å². The minimum absolute atomic E-state index is 0.237. The van der Waals surface area contributed by atoms with Gasteiger partial charge in [0.1, 0.15) is 0 Å². The molecular formula is C20H14O4. The van der Waals surface area contributed by atoms with E-state index in [4.69, 9.17) is 0 Å². The molecule has 24 heavy (non-hydrogen) atoms. The summed E-state index contributed by atoms with van der Waals surface area (Å²) in [4.78, 5) is 36.2. The number of ether oxygens (including phenoxy) is 1. The molecule has 0 fully saturated rings. The van der Waals surface area contributed by atoms with Crippen LogP contribution in [-0.4, -0.2) is 24.6 Å². The zero-order valence-electron chi connectivity index (χ0n) is 13.0. The Balaban J connectivity index is 1.88. The van der Waals surface area contributed by atoms with Gasteiger partial charge in [0.15, 0.2) is 0 Å². The van der Waals surface area contributed by atoms with Gasteiger partial charge in [-0.25, -0.2) is 4.79 Å². The molecule has 0 aliphatic heterocycles. The molecule has 0 radical (unpaired) electrons. The van der Waals surface area contributed by atoms with Crippen LogP contribution in [0.25, 0.3) is 10.8 Å². The monoisotopic (exact) mass is 318 g/mol. The summed E-state index contributed by atoms with van der Waals surface area (Å²) < 4.78 is 4.60. The number of Topliss-reactive ketones (excluding diaryl/α,β-unsaturated/α-hetero) is 2. The molecule has 0 spiro atoms. The molecule has 0 saturated heterocycles. The molecule has 0 aliphatic rings. The van der Waals surface area contributed by atoms with Gasteiger partial charge >= 0.3 is 5.97 Å². The van der Waals surface area contributed by atoms with Crippen LogP contribution in [0.4, 0.5) is 0 Å². The number of hydrogen-bond acceptors (Lipinski definition) is 4. The third kappa shape index (κ3) is 2.94. The number of ketones is 2. The summed E-state index contributed by atoms with van der Waals surface area (Å²) in [5.74, 6) is -1.68. The Hall–Kier alpha value is -3.27. The first-order valence-electron chi connectivity index (χ1n) is 7.36. The van der Waals surface area contributed by atoms with Crippen LogP contribution in [0, 0.1) is 0 Å². The van der Waals surface area contributed by atoms with E-state index >= 15 is 0 Å². The number of methoxy groups -OCH3 is 1. The van der Waals surface area contributed by atoms with Crippen molar-refractivity contribution in [3.63, 3.8) is 0 Å². The summed E-state index contributed by atoms with van der Waals surface area (Å²) in [5, 5.41) is 1.90. The molecule has 3 aromatic rings. The van der Waals surface area contributed by atoms with Gasteiger partial charge in [-0.1, -0.05) is 48.5 Å². The van der Waals surface area contributed by atoms with Gasteiger partial charge in [-0.05, 0) is 29.0 Å². The first-order valence-corrected chi connectivity index (χ1v) is 7.36. The molecule has 0 amide bonds. The summed E-state index contributed by atoms with van der Waals surface area (Å²) in [6, 6.07) is 18.6. The molecule has 3 aromatic carbocycles. The minimum atomic E-state index is -0.610. The van der Waals surface area contributed by atoms with Crippen molar-refractivity contribution in [2.45, 2.75) is 0 Å². The van der Waals surface area contributed by atoms with Crippen LogP contribution in [0.3, 0.4) is 0 Å². The Morgan fingerprint density at radius 1 is 0.667 bits per heavy atom. The number of benzene rings is 3. The Bertz CT molecular complexity index is 939. The van der Waals surface area contributed by atoms with E-state index in [1.807, 2.05) is 30.3 Å². The highest BCUT2D eigenvalue weighted by molar-refractivity contribution is 6.49. The highest BCUT2D eigenvalue weighted by atomic mass is 16.5. The van der Waals surface area contributed by atoms with E-state index in [0.29, 0.717) is 11.1 Å². The van der Waals surface area contributed by atoms with Crippen molar-refractivity contribution in [1.29, 1.82) is 0 Å². The summed E-state index contributed by atoms with van der Waals surface area (Å²) >= 11 is 0. The largest absolute Gasteiger partial charge is 0.465 e. The van der Waals surface area contributed by atoms with E-state index < -0.39 is 17.5 Å². The fraction of sp³-hybridized carbons (Fsp3) is 0.0500. The second kappa shape index (κ2) is 6.46. The van der Waals surface area contributed by atoms with Gasteiger partial charge in [0.25, 0.3) is 0 Å². The zero-order chi connectivity index (χ0) is 17.1. The van der Waals surface area contributed by atoms with Gasteiger partial charge < -0.3 is 4.74 Å².